The van der Waals surface area contributed by atoms with Crippen LogP contribution in [0.3, 0.4) is 0 Å². The van der Waals surface area contributed by atoms with Gasteiger partial charge in [-0.1, -0.05) is 30.3 Å². The fourth-order valence-corrected chi connectivity index (χ4v) is 2.08. The Labute approximate surface area is 128 Å². The molecule has 2 aromatic rings. The Balaban J connectivity index is 1.98. The highest BCUT2D eigenvalue weighted by molar-refractivity contribution is 5.97. The van der Waals surface area contributed by atoms with E-state index in [1.165, 1.54) is 24.3 Å². The number of nitrogens with two attached hydrogens (primary N) is 1. The van der Waals surface area contributed by atoms with Gasteiger partial charge >= 0.3 is 0 Å². The van der Waals surface area contributed by atoms with Crippen LogP contribution in [0.4, 0.5) is 4.39 Å². The number of aryl methyl sites for hydroxylation is 1. The minimum absolute atomic E-state index is 0.285. The molecule has 0 saturated carbocycles. The van der Waals surface area contributed by atoms with Crippen LogP contribution in [0, 0.1) is 5.82 Å². The summed E-state index contributed by atoms with van der Waals surface area (Å²) in [5.74, 6) is -1.46. The number of benzene rings is 2. The van der Waals surface area contributed by atoms with Crippen LogP contribution in [0.1, 0.15) is 22.3 Å². The van der Waals surface area contributed by atoms with E-state index < -0.39 is 23.7 Å². The molecule has 5 heteroatoms. The number of amides is 2. The zero-order chi connectivity index (χ0) is 15.9. The summed E-state index contributed by atoms with van der Waals surface area (Å²) in [6, 6.07) is 14.0. The Hall–Kier alpha value is -2.69. The Morgan fingerprint density at radius 3 is 2.27 bits per heavy atom. The lowest BCUT2D eigenvalue weighted by Gasteiger charge is -2.15. The molecule has 0 spiro atoms. The van der Waals surface area contributed by atoms with Crippen LogP contribution in [-0.4, -0.2) is 17.9 Å². The number of nitrogens with one attached hydrogen (secondary N) is 1. The van der Waals surface area contributed by atoms with Crippen molar-refractivity contribution in [2.45, 2.75) is 18.9 Å². The molecule has 0 aliphatic rings. The van der Waals surface area contributed by atoms with Gasteiger partial charge in [-0.05, 0) is 42.7 Å². The van der Waals surface area contributed by atoms with E-state index in [1.54, 1.807) is 0 Å². The van der Waals surface area contributed by atoms with Crippen LogP contribution >= 0.6 is 0 Å². The fourth-order valence-electron chi connectivity index (χ4n) is 2.08. The van der Waals surface area contributed by atoms with Crippen molar-refractivity contribution in [3.05, 3.63) is 71.5 Å². The van der Waals surface area contributed by atoms with E-state index in [2.05, 4.69) is 5.32 Å². The summed E-state index contributed by atoms with van der Waals surface area (Å²) in [5.41, 5.74) is 6.68. The molecule has 2 aromatic carbocycles. The lowest BCUT2D eigenvalue weighted by atomic mass is 10.0. The zero-order valence-electron chi connectivity index (χ0n) is 12.0. The maximum Gasteiger partial charge on any atom is 0.251 e. The van der Waals surface area contributed by atoms with Crippen LogP contribution in [-0.2, 0) is 11.2 Å². The molecule has 0 aliphatic heterocycles. The molecular formula is C17H17FN2O2. The minimum Gasteiger partial charge on any atom is -0.368 e. The quantitative estimate of drug-likeness (QED) is 0.857. The maximum absolute atomic E-state index is 12.8. The summed E-state index contributed by atoms with van der Waals surface area (Å²) in [7, 11) is 0. The average Bonchev–Trinajstić information content (AvgIpc) is 2.52. The SMILES string of the molecule is NC(=O)[C@@H](CCc1ccccc1)NC(=O)c1ccc(F)cc1. The summed E-state index contributed by atoms with van der Waals surface area (Å²) in [6.45, 7) is 0. The molecule has 22 heavy (non-hydrogen) atoms. The first-order chi connectivity index (χ1) is 10.6. The number of hydrogen-bond donors (Lipinski definition) is 2. The molecule has 2 rings (SSSR count). The number of hydrogen-bond acceptors (Lipinski definition) is 2. The third-order valence-corrected chi connectivity index (χ3v) is 3.32. The van der Waals surface area contributed by atoms with Gasteiger partial charge in [0, 0.05) is 5.56 Å². The van der Waals surface area contributed by atoms with Gasteiger partial charge in [-0.25, -0.2) is 4.39 Å². The molecule has 0 saturated heterocycles. The van der Waals surface area contributed by atoms with Crippen molar-refractivity contribution < 1.29 is 14.0 Å². The first-order valence-electron chi connectivity index (χ1n) is 6.96. The molecule has 0 aliphatic carbocycles. The normalized spacial score (nSPS) is 11.7. The van der Waals surface area contributed by atoms with Gasteiger partial charge in [-0.2, -0.15) is 0 Å². The van der Waals surface area contributed by atoms with Crippen LogP contribution < -0.4 is 11.1 Å². The van der Waals surface area contributed by atoms with E-state index in [-0.39, 0.29) is 5.56 Å². The highest BCUT2D eigenvalue weighted by Crippen LogP contribution is 2.07. The number of carbonyl (C=O) groups excluding carboxylic acids is 2. The number of carbonyl (C=O) groups is 2. The Morgan fingerprint density at radius 1 is 1.05 bits per heavy atom. The van der Waals surface area contributed by atoms with Crippen molar-refractivity contribution >= 4 is 11.8 Å². The smallest absolute Gasteiger partial charge is 0.251 e. The summed E-state index contributed by atoms with van der Waals surface area (Å²) < 4.78 is 12.8. The molecular weight excluding hydrogens is 283 g/mol. The molecule has 0 heterocycles. The maximum atomic E-state index is 12.8. The van der Waals surface area contributed by atoms with Crippen molar-refractivity contribution in [3.63, 3.8) is 0 Å². The van der Waals surface area contributed by atoms with Gasteiger partial charge in [-0.3, -0.25) is 9.59 Å². The average molecular weight is 300 g/mol. The second-order valence-corrected chi connectivity index (χ2v) is 4.96. The molecule has 2 amide bonds. The van der Waals surface area contributed by atoms with E-state index >= 15 is 0 Å². The highest BCUT2D eigenvalue weighted by atomic mass is 19.1. The van der Waals surface area contributed by atoms with E-state index in [4.69, 9.17) is 5.73 Å². The third kappa shape index (κ3) is 4.41. The highest BCUT2D eigenvalue weighted by Gasteiger charge is 2.18. The molecule has 0 unspecified atom stereocenters. The van der Waals surface area contributed by atoms with Gasteiger partial charge in [0.2, 0.25) is 5.91 Å². The standard InChI is InChI=1S/C17H17FN2O2/c18-14-9-7-13(8-10-14)17(22)20-15(16(19)21)11-6-12-4-2-1-3-5-12/h1-5,7-10,15H,6,11H2,(H2,19,21)(H,20,22)/t15-/m1/s1. The Bertz CT molecular complexity index is 641. The number of primary amides is 1. The predicted octanol–water partition coefficient (Wildman–Crippen LogP) is 2.04. The zero-order valence-corrected chi connectivity index (χ0v) is 12.0. The Kier molecular flexibility index (Phi) is 5.25. The van der Waals surface area contributed by atoms with Gasteiger partial charge in [-0.15, -0.1) is 0 Å². The molecule has 0 radical (unpaired) electrons. The lowest BCUT2D eigenvalue weighted by molar-refractivity contribution is -0.120. The van der Waals surface area contributed by atoms with Crippen molar-refractivity contribution in [3.8, 4) is 0 Å². The molecule has 0 aromatic heterocycles. The molecule has 114 valence electrons. The van der Waals surface area contributed by atoms with Crippen molar-refractivity contribution in [1.82, 2.24) is 5.32 Å². The predicted molar refractivity (Wildman–Crippen MR) is 81.6 cm³/mol. The van der Waals surface area contributed by atoms with Crippen molar-refractivity contribution in [2.75, 3.05) is 0 Å². The van der Waals surface area contributed by atoms with Gasteiger partial charge in [0.1, 0.15) is 11.9 Å². The molecule has 1 atom stereocenters. The summed E-state index contributed by atoms with van der Waals surface area (Å²) in [6.07, 6.45) is 1.03. The van der Waals surface area contributed by atoms with Crippen LogP contribution in [0.15, 0.2) is 54.6 Å². The fraction of sp³-hybridized carbons (Fsp3) is 0.176. The van der Waals surface area contributed by atoms with Crippen molar-refractivity contribution in [2.24, 2.45) is 5.73 Å². The molecule has 0 bridgehead atoms. The van der Waals surface area contributed by atoms with Gasteiger partial charge in [0.15, 0.2) is 0 Å². The van der Waals surface area contributed by atoms with Crippen molar-refractivity contribution in [1.29, 1.82) is 0 Å². The monoisotopic (exact) mass is 300 g/mol. The van der Waals surface area contributed by atoms with Crippen LogP contribution in [0.2, 0.25) is 0 Å². The molecule has 0 fully saturated rings. The lowest BCUT2D eigenvalue weighted by Crippen LogP contribution is -2.44. The second-order valence-electron chi connectivity index (χ2n) is 4.96. The first kappa shape index (κ1) is 15.7. The van der Waals surface area contributed by atoms with E-state index in [0.29, 0.717) is 12.8 Å². The van der Waals surface area contributed by atoms with Gasteiger partial charge < -0.3 is 11.1 Å². The van der Waals surface area contributed by atoms with E-state index in [9.17, 15) is 14.0 Å². The van der Waals surface area contributed by atoms with E-state index in [1.807, 2.05) is 30.3 Å². The first-order valence-corrected chi connectivity index (χ1v) is 6.96. The second kappa shape index (κ2) is 7.36. The summed E-state index contributed by atoms with van der Waals surface area (Å²) in [4.78, 5) is 23.5. The summed E-state index contributed by atoms with van der Waals surface area (Å²) in [5, 5.41) is 2.59. The molecule has 4 nitrogen and oxygen atoms in total. The van der Waals surface area contributed by atoms with Crippen LogP contribution in [0.25, 0.3) is 0 Å². The summed E-state index contributed by atoms with van der Waals surface area (Å²) >= 11 is 0. The van der Waals surface area contributed by atoms with E-state index in [0.717, 1.165) is 5.56 Å². The van der Waals surface area contributed by atoms with Gasteiger partial charge in [0.25, 0.3) is 5.91 Å². The third-order valence-electron chi connectivity index (χ3n) is 3.32. The minimum atomic E-state index is -0.766. The Morgan fingerprint density at radius 2 is 1.68 bits per heavy atom. The van der Waals surface area contributed by atoms with Gasteiger partial charge in [0.05, 0.1) is 0 Å². The number of rotatable bonds is 6. The number of halogens is 1. The topological polar surface area (TPSA) is 72.2 Å². The molecule has 3 N–H and O–H groups in total. The largest absolute Gasteiger partial charge is 0.368 e. The van der Waals surface area contributed by atoms with Crippen LogP contribution in [0.5, 0.6) is 0 Å².